The zero-order valence-electron chi connectivity index (χ0n) is 23.5. The third-order valence-corrected chi connectivity index (χ3v) is 8.97. The van der Waals surface area contributed by atoms with E-state index in [1.807, 2.05) is 30.3 Å². The van der Waals surface area contributed by atoms with Crippen molar-refractivity contribution in [1.82, 2.24) is 0 Å². The van der Waals surface area contributed by atoms with E-state index in [4.69, 9.17) is 18.1 Å². The predicted molar refractivity (Wildman–Crippen MR) is 168 cm³/mol. The Morgan fingerprint density at radius 1 is 0.488 bits per heavy atom. The molecule has 1 saturated heterocycles. The zero-order chi connectivity index (χ0) is 27.9. The molecule has 41 heavy (non-hydrogen) atoms. The highest BCUT2D eigenvalue weighted by Crippen LogP contribution is 2.44. The Labute approximate surface area is 238 Å². The Kier molecular flexibility index (Phi) is 5.13. The third kappa shape index (κ3) is 3.63. The summed E-state index contributed by atoms with van der Waals surface area (Å²) in [5.74, 6) is 0. The second-order valence-electron chi connectivity index (χ2n) is 12.0. The molecule has 1 aliphatic rings. The van der Waals surface area contributed by atoms with Gasteiger partial charge in [-0.05, 0) is 62.5 Å². The van der Waals surface area contributed by atoms with Gasteiger partial charge in [-0.1, -0.05) is 84.9 Å². The van der Waals surface area contributed by atoms with Crippen LogP contribution in [0.4, 0.5) is 0 Å². The maximum absolute atomic E-state index is 6.59. The van der Waals surface area contributed by atoms with E-state index < -0.39 is 7.12 Å². The normalized spacial score (nSPS) is 16.4. The number of rotatable bonds is 3. The summed E-state index contributed by atoms with van der Waals surface area (Å²) in [6, 6.07) is 35.6. The van der Waals surface area contributed by atoms with E-state index in [1.54, 1.807) is 0 Å². The second kappa shape index (κ2) is 8.59. The lowest BCUT2D eigenvalue weighted by Crippen LogP contribution is -2.41. The fourth-order valence-electron chi connectivity index (χ4n) is 6.04. The van der Waals surface area contributed by atoms with Gasteiger partial charge in [0.2, 0.25) is 0 Å². The van der Waals surface area contributed by atoms with E-state index in [9.17, 15) is 0 Å². The number of fused-ring (bicyclic) bond motifs is 6. The number of furan rings is 2. The summed E-state index contributed by atoms with van der Waals surface area (Å²) in [4.78, 5) is 0. The van der Waals surface area contributed by atoms with Gasteiger partial charge < -0.3 is 18.1 Å². The summed E-state index contributed by atoms with van der Waals surface area (Å²) in [5, 5.41) is 4.40. The number of para-hydroxylation sites is 3. The zero-order valence-corrected chi connectivity index (χ0v) is 23.5. The highest BCUT2D eigenvalue weighted by molar-refractivity contribution is 6.62. The van der Waals surface area contributed by atoms with Crippen LogP contribution >= 0.6 is 0 Å². The molecule has 5 aromatic carbocycles. The molecule has 1 aliphatic heterocycles. The minimum Gasteiger partial charge on any atom is -0.455 e. The molecule has 200 valence electrons. The molecule has 0 saturated carbocycles. The van der Waals surface area contributed by atoms with E-state index in [2.05, 4.69) is 100 Å². The Balaban J connectivity index is 1.30. The topological polar surface area (TPSA) is 44.7 Å². The van der Waals surface area contributed by atoms with Gasteiger partial charge in [-0.2, -0.15) is 0 Å². The first kappa shape index (κ1) is 24.5. The van der Waals surface area contributed by atoms with Crippen LogP contribution in [0, 0.1) is 0 Å². The standard InChI is InChI=1S/C36H29BO4/c1-35(2)36(3,4)41-37(40-35)23-18-16-22(17-19-23)24-20-21-28(34-32(24)29-11-6-8-15-31(29)39-34)27-13-9-12-26-25-10-5-7-14-30(25)38-33(26)27/h5-21H,1-4H3. The molecule has 5 heteroatoms. The molecule has 0 radical (unpaired) electrons. The highest BCUT2D eigenvalue weighted by atomic mass is 16.7. The average Bonchev–Trinajstić information content (AvgIpc) is 3.61. The minimum absolute atomic E-state index is 0.378. The number of hydrogen-bond acceptors (Lipinski definition) is 4. The maximum atomic E-state index is 6.59. The molecule has 0 N–H and O–H groups in total. The molecule has 2 aromatic heterocycles. The van der Waals surface area contributed by atoms with Crippen LogP contribution in [-0.2, 0) is 9.31 Å². The summed E-state index contributed by atoms with van der Waals surface area (Å²) >= 11 is 0. The monoisotopic (exact) mass is 536 g/mol. The molecule has 4 nitrogen and oxygen atoms in total. The molecule has 1 fully saturated rings. The molecule has 0 amide bonds. The maximum Gasteiger partial charge on any atom is 0.494 e. The van der Waals surface area contributed by atoms with Crippen LogP contribution in [0.15, 0.2) is 112 Å². The van der Waals surface area contributed by atoms with Gasteiger partial charge in [-0.3, -0.25) is 0 Å². The van der Waals surface area contributed by atoms with Crippen LogP contribution in [0.2, 0.25) is 0 Å². The predicted octanol–water partition coefficient (Wildman–Crippen LogP) is 9.12. The first-order valence-electron chi connectivity index (χ1n) is 14.1. The molecule has 0 atom stereocenters. The lowest BCUT2D eigenvalue weighted by Gasteiger charge is -2.32. The summed E-state index contributed by atoms with van der Waals surface area (Å²) in [5.41, 5.74) is 7.98. The Morgan fingerprint density at radius 2 is 1.05 bits per heavy atom. The number of hydrogen-bond donors (Lipinski definition) is 0. The molecular formula is C36H29BO4. The van der Waals surface area contributed by atoms with Crippen molar-refractivity contribution in [3.63, 3.8) is 0 Å². The van der Waals surface area contributed by atoms with Crippen molar-refractivity contribution in [3.8, 4) is 22.3 Å². The third-order valence-electron chi connectivity index (χ3n) is 8.97. The van der Waals surface area contributed by atoms with Gasteiger partial charge in [-0.25, -0.2) is 0 Å². The van der Waals surface area contributed by atoms with Crippen molar-refractivity contribution in [3.05, 3.63) is 103 Å². The summed E-state index contributed by atoms with van der Waals surface area (Å²) in [6.07, 6.45) is 0. The molecule has 0 spiro atoms. The van der Waals surface area contributed by atoms with E-state index >= 15 is 0 Å². The van der Waals surface area contributed by atoms with Gasteiger partial charge in [-0.15, -0.1) is 0 Å². The van der Waals surface area contributed by atoms with Gasteiger partial charge in [0.25, 0.3) is 0 Å². The second-order valence-corrected chi connectivity index (χ2v) is 12.0. The van der Waals surface area contributed by atoms with Crippen LogP contribution in [0.25, 0.3) is 66.1 Å². The van der Waals surface area contributed by atoms with E-state index in [1.165, 1.54) is 0 Å². The van der Waals surface area contributed by atoms with Gasteiger partial charge in [0, 0.05) is 32.7 Å². The van der Waals surface area contributed by atoms with Gasteiger partial charge >= 0.3 is 7.12 Å². The van der Waals surface area contributed by atoms with Crippen LogP contribution in [-0.4, -0.2) is 18.3 Å². The highest BCUT2D eigenvalue weighted by Gasteiger charge is 2.51. The molecule has 3 heterocycles. The van der Waals surface area contributed by atoms with Crippen molar-refractivity contribution in [1.29, 1.82) is 0 Å². The van der Waals surface area contributed by atoms with Crippen LogP contribution in [0.5, 0.6) is 0 Å². The SMILES string of the molecule is CC1(C)OB(c2ccc(-c3ccc(-c4cccc5c4oc4ccccc45)c4oc5ccccc5c34)cc2)OC1(C)C. The molecule has 8 rings (SSSR count). The summed E-state index contributed by atoms with van der Waals surface area (Å²) in [6.45, 7) is 8.32. The molecule has 7 aromatic rings. The van der Waals surface area contributed by atoms with Crippen LogP contribution < -0.4 is 5.46 Å². The van der Waals surface area contributed by atoms with E-state index in [-0.39, 0.29) is 11.2 Å². The van der Waals surface area contributed by atoms with Crippen LogP contribution in [0.1, 0.15) is 27.7 Å². The van der Waals surface area contributed by atoms with Crippen molar-refractivity contribution in [2.75, 3.05) is 0 Å². The average molecular weight is 536 g/mol. The van der Waals surface area contributed by atoms with Gasteiger partial charge in [0.1, 0.15) is 22.3 Å². The summed E-state index contributed by atoms with van der Waals surface area (Å²) in [7, 11) is -0.393. The Bertz CT molecular complexity index is 2100. The van der Waals surface area contributed by atoms with Crippen molar-refractivity contribution in [2.24, 2.45) is 0 Å². The Morgan fingerprint density at radius 3 is 1.78 bits per heavy atom. The molecule has 0 unspecified atom stereocenters. The lowest BCUT2D eigenvalue weighted by molar-refractivity contribution is 0.00578. The Hall–Kier alpha value is -4.32. The smallest absolute Gasteiger partial charge is 0.455 e. The fraction of sp³-hybridized carbons (Fsp3) is 0.167. The first-order chi connectivity index (χ1) is 19.8. The summed E-state index contributed by atoms with van der Waals surface area (Å²) < 4.78 is 25.6. The minimum atomic E-state index is -0.393. The number of benzene rings is 5. The lowest BCUT2D eigenvalue weighted by atomic mass is 9.78. The largest absolute Gasteiger partial charge is 0.494 e. The van der Waals surface area contributed by atoms with Gasteiger partial charge in [0.05, 0.1) is 11.2 Å². The molecule has 0 bridgehead atoms. The van der Waals surface area contributed by atoms with Crippen molar-refractivity contribution < 1.29 is 18.1 Å². The fourth-order valence-corrected chi connectivity index (χ4v) is 6.04. The molecule has 0 aliphatic carbocycles. The van der Waals surface area contributed by atoms with Crippen LogP contribution in [0.3, 0.4) is 0 Å². The van der Waals surface area contributed by atoms with E-state index in [0.717, 1.165) is 71.6 Å². The van der Waals surface area contributed by atoms with Crippen molar-refractivity contribution >= 4 is 56.5 Å². The van der Waals surface area contributed by atoms with Crippen molar-refractivity contribution in [2.45, 2.75) is 38.9 Å². The van der Waals surface area contributed by atoms with Gasteiger partial charge in [0.15, 0.2) is 0 Å². The quantitative estimate of drug-likeness (QED) is 0.211. The molecular weight excluding hydrogens is 507 g/mol. The first-order valence-corrected chi connectivity index (χ1v) is 14.1. The van der Waals surface area contributed by atoms with E-state index in [0.29, 0.717) is 0 Å².